The molecule has 0 amide bonds. The van der Waals surface area contributed by atoms with E-state index in [4.69, 9.17) is 0 Å². The van der Waals surface area contributed by atoms with Crippen LogP contribution in [0.25, 0.3) is 0 Å². The lowest BCUT2D eigenvalue weighted by molar-refractivity contribution is 0.173. The molecule has 2 rings (SSSR count). The molecule has 0 aliphatic rings. The number of thiazole rings is 1. The Hall–Kier alpha value is -1.13. The lowest BCUT2D eigenvalue weighted by Gasteiger charge is -2.04. The fourth-order valence-electron chi connectivity index (χ4n) is 1.84. The number of hydrogen-bond donors (Lipinski definition) is 1. The van der Waals surface area contributed by atoms with Gasteiger partial charge in [0.15, 0.2) is 0 Å². The average molecular weight is 264 g/mol. The van der Waals surface area contributed by atoms with Gasteiger partial charge in [0, 0.05) is 23.7 Å². The molecule has 1 unspecified atom stereocenters. The molecule has 4 heteroatoms. The van der Waals surface area contributed by atoms with Gasteiger partial charge < -0.3 is 9.67 Å². The van der Waals surface area contributed by atoms with E-state index in [9.17, 15) is 5.11 Å². The predicted molar refractivity (Wildman–Crippen MR) is 75.0 cm³/mol. The molecule has 0 aromatic carbocycles. The molecule has 0 bridgehead atoms. The molecule has 0 saturated carbocycles. The lowest BCUT2D eigenvalue weighted by atomic mass is 10.1. The highest BCUT2D eigenvalue weighted by Gasteiger charge is 2.09. The van der Waals surface area contributed by atoms with Crippen LogP contribution in [0.1, 0.15) is 55.5 Å². The van der Waals surface area contributed by atoms with Gasteiger partial charge in [-0.25, -0.2) is 4.98 Å². The Bertz CT molecular complexity index is 501. The zero-order valence-corrected chi connectivity index (χ0v) is 11.9. The quantitative estimate of drug-likeness (QED) is 0.896. The van der Waals surface area contributed by atoms with Gasteiger partial charge in [-0.3, -0.25) is 0 Å². The van der Waals surface area contributed by atoms with Crippen molar-refractivity contribution in [3.63, 3.8) is 0 Å². The van der Waals surface area contributed by atoms with Crippen LogP contribution >= 0.6 is 11.3 Å². The van der Waals surface area contributed by atoms with Gasteiger partial charge in [-0.1, -0.05) is 20.8 Å². The fraction of sp³-hybridized carbons (Fsp3) is 0.500. The smallest absolute Gasteiger partial charge is 0.0954 e. The van der Waals surface area contributed by atoms with Crippen LogP contribution in [-0.2, 0) is 6.54 Å². The van der Waals surface area contributed by atoms with Crippen molar-refractivity contribution in [1.82, 2.24) is 9.55 Å². The molecule has 2 aromatic rings. The summed E-state index contributed by atoms with van der Waals surface area (Å²) in [6.45, 7) is 7.08. The highest BCUT2D eigenvalue weighted by molar-refractivity contribution is 7.09. The van der Waals surface area contributed by atoms with E-state index in [2.05, 4.69) is 28.8 Å². The molecule has 2 aromatic heterocycles. The van der Waals surface area contributed by atoms with E-state index in [1.807, 2.05) is 25.4 Å². The summed E-state index contributed by atoms with van der Waals surface area (Å²) in [6, 6.07) is 1.98. The van der Waals surface area contributed by atoms with Gasteiger partial charge in [-0.2, -0.15) is 0 Å². The van der Waals surface area contributed by atoms with Crippen molar-refractivity contribution < 1.29 is 5.11 Å². The van der Waals surface area contributed by atoms with Crippen LogP contribution in [-0.4, -0.2) is 14.7 Å². The van der Waals surface area contributed by atoms with Crippen LogP contribution in [0.2, 0.25) is 0 Å². The summed E-state index contributed by atoms with van der Waals surface area (Å²) in [5.41, 5.74) is 2.08. The summed E-state index contributed by atoms with van der Waals surface area (Å²) in [4.78, 5) is 4.61. The Morgan fingerprint density at radius 3 is 2.83 bits per heavy atom. The van der Waals surface area contributed by atoms with Crippen molar-refractivity contribution >= 4 is 11.3 Å². The van der Waals surface area contributed by atoms with E-state index >= 15 is 0 Å². The molecule has 0 spiro atoms. The van der Waals surface area contributed by atoms with Crippen LogP contribution in [0.15, 0.2) is 23.8 Å². The van der Waals surface area contributed by atoms with Gasteiger partial charge in [-0.15, -0.1) is 11.3 Å². The molecule has 0 saturated heterocycles. The molecule has 3 nitrogen and oxygen atoms in total. The topological polar surface area (TPSA) is 38.0 Å². The highest BCUT2D eigenvalue weighted by atomic mass is 32.1. The van der Waals surface area contributed by atoms with Gasteiger partial charge in [0.25, 0.3) is 0 Å². The van der Waals surface area contributed by atoms with E-state index in [0.717, 1.165) is 24.2 Å². The van der Waals surface area contributed by atoms with Gasteiger partial charge in [-0.05, 0) is 18.1 Å². The van der Waals surface area contributed by atoms with E-state index in [-0.39, 0.29) is 6.10 Å². The highest BCUT2D eigenvalue weighted by Crippen LogP contribution is 2.21. The van der Waals surface area contributed by atoms with Gasteiger partial charge >= 0.3 is 0 Å². The second kappa shape index (κ2) is 5.67. The molecular formula is C14H20N2OS. The maximum Gasteiger partial charge on any atom is 0.0954 e. The normalized spacial score (nSPS) is 13.2. The minimum absolute atomic E-state index is 0.354. The first-order valence-electron chi connectivity index (χ1n) is 6.38. The summed E-state index contributed by atoms with van der Waals surface area (Å²) in [5.74, 6) is 0.492. The van der Waals surface area contributed by atoms with Gasteiger partial charge in [0.2, 0.25) is 0 Å². The standard InChI is InChI=1S/C14H20N2OS/c1-4-13(17)11-5-6-16(7-11)8-12-9-18-14(15-12)10(2)3/h5-7,9-10,13,17H,4,8H2,1-3H3. The number of aliphatic hydroxyl groups is 1. The van der Waals surface area contributed by atoms with Gasteiger partial charge in [0.1, 0.15) is 0 Å². The summed E-state index contributed by atoms with van der Waals surface area (Å²) >= 11 is 1.72. The van der Waals surface area contributed by atoms with Crippen molar-refractivity contribution in [2.24, 2.45) is 0 Å². The fourth-order valence-corrected chi connectivity index (χ4v) is 2.66. The maximum absolute atomic E-state index is 9.76. The summed E-state index contributed by atoms with van der Waals surface area (Å²) in [6.07, 6.45) is 4.40. The van der Waals surface area contributed by atoms with Crippen LogP contribution < -0.4 is 0 Å². The third-order valence-electron chi connectivity index (χ3n) is 2.95. The van der Waals surface area contributed by atoms with E-state index in [1.54, 1.807) is 11.3 Å². The second-order valence-corrected chi connectivity index (χ2v) is 5.76. The summed E-state index contributed by atoms with van der Waals surface area (Å²) < 4.78 is 2.08. The van der Waals surface area contributed by atoms with Crippen molar-refractivity contribution in [2.45, 2.75) is 45.8 Å². The zero-order chi connectivity index (χ0) is 13.1. The summed E-state index contributed by atoms with van der Waals surface area (Å²) in [7, 11) is 0. The Balaban J connectivity index is 2.06. The van der Waals surface area contributed by atoms with E-state index in [0.29, 0.717) is 5.92 Å². The molecular weight excluding hydrogens is 244 g/mol. The first-order valence-corrected chi connectivity index (χ1v) is 7.26. The van der Waals surface area contributed by atoms with Gasteiger partial charge in [0.05, 0.1) is 23.4 Å². The minimum atomic E-state index is -0.354. The molecule has 0 aliphatic heterocycles. The monoisotopic (exact) mass is 264 g/mol. The van der Waals surface area contributed by atoms with Crippen molar-refractivity contribution in [2.75, 3.05) is 0 Å². The summed E-state index contributed by atoms with van der Waals surface area (Å²) in [5, 5.41) is 13.1. The molecule has 98 valence electrons. The Morgan fingerprint density at radius 1 is 1.44 bits per heavy atom. The SMILES string of the molecule is CCC(O)c1ccn(Cc2csc(C(C)C)n2)c1. The van der Waals surface area contributed by atoms with Crippen LogP contribution in [0.5, 0.6) is 0 Å². The molecule has 0 radical (unpaired) electrons. The number of aliphatic hydroxyl groups excluding tert-OH is 1. The van der Waals surface area contributed by atoms with Crippen LogP contribution in [0, 0.1) is 0 Å². The van der Waals surface area contributed by atoms with Crippen LogP contribution in [0.4, 0.5) is 0 Å². The van der Waals surface area contributed by atoms with E-state index in [1.165, 1.54) is 5.01 Å². The third-order valence-corrected chi connectivity index (χ3v) is 4.15. The number of nitrogens with zero attached hydrogens (tertiary/aromatic N) is 2. The van der Waals surface area contributed by atoms with Crippen molar-refractivity contribution in [1.29, 1.82) is 0 Å². The number of rotatable bonds is 5. The zero-order valence-electron chi connectivity index (χ0n) is 11.1. The average Bonchev–Trinajstić information content (AvgIpc) is 2.98. The predicted octanol–water partition coefficient (Wildman–Crippen LogP) is 3.56. The molecule has 0 aliphatic carbocycles. The Labute approximate surface area is 112 Å². The third kappa shape index (κ3) is 3.00. The van der Waals surface area contributed by atoms with E-state index < -0.39 is 0 Å². The second-order valence-electron chi connectivity index (χ2n) is 4.87. The molecule has 0 fully saturated rings. The minimum Gasteiger partial charge on any atom is -0.388 e. The first-order chi connectivity index (χ1) is 8.60. The first kappa shape index (κ1) is 13.3. The molecule has 2 heterocycles. The lowest BCUT2D eigenvalue weighted by Crippen LogP contribution is -1.98. The van der Waals surface area contributed by atoms with Crippen LogP contribution in [0.3, 0.4) is 0 Å². The van der Waals surface area contributed by atoms with Crippen molar-refractivity contribution in [3.8, 4) is 0 Å². The number of aromatic nitrogens is 2. The maximum atomic E-state index is 9.76. The Kier molecular flexibility index (Phi) is 4.19. The Morgan fingerprint density at radius 2 is 2.22 bits per heavy atom. The largest absolute Gasteiger partial charge is 0.388 e. The van der Waals surface area contributed by atoms with Crippen molar-refractivity contribution in [3.05, 3.63) is 40.1 Å². The molecule has 1 N–H and O–H groups in total. The number of hydrogen-bond acceptors (Lipinski definition) is 3. The molecule has 1 atom stereocenters. The molecule has 18 heavy (non-hydrogen) atoms.